The molecule has 0 aliphatic heterocycles. The van der Waals surface area contributed by atoms with Gasteiger partial charge < -0.3 is 9.84 Å². The van der Waals surface area contributed by atoms with Crippen LogP contribution in [-0.2, 0) is 27.9 Å². The fourth-order valence-electron chi connectivity index (χ4n) is 2.35. The van der Waals surface area contributed by atoms with Gasteiger partial charge in [0.2, 0.25) is 0 Å². The third kappa shape index (κ3) is 3.98. The normalized spacial score (nSPS) is 12.4. The van der Waals surface area contributed by atoms with Crippen molar-refractivity contribution in [1.29, 1.82) is 0 Å². The van der Waals surface area contributed by atoms with E-state index in [1.54, 1.807) is 6.92 Å². The summed E-state index contributed by atoms with van der Waals surface area (Å²) in [5.41, 5.74) is -3.48. The lowest BCUT2D eigenvalue weighted by Gasteiger charge is -2.20. The molecule has 0 radical (unpaired) electrons. The number of fused-ring (bicyclic) bond motifs is 1. The average Bonchev–Trinajstić information content (AvgIpc) is 2.47. The van der Waals surface area contributed by atoms with Crippen molar-refractivity contribution >= 4 is 16.7 Å². The van der Waals surface area contributed by atoms with Crippen LogP contribution < -0.4 is 5.56 Å². The van der Waals surface area contributed by atoms with E-state index >= 15 is 0 Å². The molecule has 0 fully saturated rings. The van der Waals surface area contributed by atoms with Crippen molar-refractivity contribution in [1.82, 2.24) is 9.78 Å². The van der Waals surface area contributed by atoms with Gasteiger partial charge in [-0.1, -0.05) is 0 Å². The second-order valence-corrected chi connectivity index (χ2v) is 5.93. The van der Waals surface area contributed by atoms with Crippen LogP contribution in [0, 0.1) is 0 Å². The molecule has 1 aromatic heterocycles. The Hall–Kier alpha value is -2.42. The highest BCUT2D eigenvalue weighted by Crippen LogP contribution is 2.33. The van der Waals surface area contributed by atoms with Crippen molar-refractivity contribution in [2.24, 2.45) is 0 Å². The quantitative estimate of drug-likeness (QED) is 0.848. The zero-order chi connectivity index (χ0) is 19.0. The predicted octanol–water partition coefficient (Wildman–Crippen LogP) is 2.21. The largest absolute Gasteiger partial charge is 0.465 e. The van der Waals surface area contributed by atoms with E-state index in [0.717, 1.165) is 22.9 Å². The third-order valence-electron chi connectivity index (χ3n) is 3.45. The summed E-state index contributed by atoms with van der Waals surface area (Å²) in [6.45, 7) is 3.85. The summed E-state index contributed by atoms with van der Waals surface area (Å²) in [4.78, 5) is 24.1. The van der Waals surface area contributed by atoms with E-state index in [0.29, 0.717) is 0 Å². The fraction of sp³-hybridized carbons (Fsp3) is 0.438. The number of rotatable bonds is 4. The molecule has 2 rings (SSSR count). The SMILES string of the molecule is CCOC(=O)Cn1nc(C(C)(C)O)c2cc(C(F)(F)F)ccc2c1=O. The minimum absolute atomic E-state index is 0.0792. The fourth-order valence-corrected chi connectivity index (χ4v) is 2.35. The molecule has 136 valence electrons. The standard InChI is InChI=1S/C16H17F3N2O4/c1-4-25-12(22)8-21-14(23)10-6-5-9(16(17,18)19)7-11(10)13(20-21)15(2,3)24/h5-7,24H,4,8H2,1-3H3. The third-order valence-corrected chi connectivity index (χ3v) is 3.45. The van der Waals surface area contributed by atoms with E-state index < -0.39 is 35.4 Å². The molecule has 0 aliphatic carbocycles. The van der Waals surface area contributed by atoms with Gasteiger partial charge in [0.15, 0.2) is 0 Å². The Kier molecular flexibility index (Phi) is 4.90. The Bertz CT molecular complexity index is 867. The molecule has 0 aliphatic rings. The van der Waals surface area contributed by atoms with E-state index in [-0.39, 0.29) is 23.1 Å². The van der Waals surface area contributed by atoms with Crippen molar-refractivity contribution in [3.63, 3.8) is 0 Å². The molecule has 0 saturated heterocycles. The van der Waals surface area contributed by atoms with Crippen molar-refractivity contribution in [3.05, 3.63) is 39.8 Å². The molecule has 6 nitrogen and oxygen atoms in total. The number of carbonyl (C=O) groups is 1. The topological polar surface area (TPSA) is 81.4 Å². The number of hydrogen-bond acceptors (Lipinski definition) is 5. The van der Waals surface area contributed by atoms with E-state index in [1.165, 1.54) is 13.8 Å². The molecule has 1 heterocycles. The molecule has 0 saturated carbocycles. The summed E-state index contributed by atoms with van der Waals surface area (Å²) in [5, 5.41) is 14.0. The molecule has 2 aromatic rings. The molecule has 0 spiro atoms. The van der Waals surface area contributed by atoms with Crippen molar-refractivity contribution in [3.8, 4) is 0 Å². The number of benzene rings is 1. The molecule has 9 heteroatoms. The first kappa shape index (κ1) is 18.9. The highest BCUT2D eigenvalue weighted by Gasteiger charge is 2.32. The van der Waals surface area contributed by atoms with Crippen LogP contribution in [0.1, 0.15) is 32.0 Å². The molecule has 0 amide bonds. The maximum atomic E-state index is 13.0. The lowest BCUT2D eigenvalue weighted by atomic mass is 9.97. The maximum absolute atomic E-state index is 13.0. The van der Waals surface area contributed by atoms with E-state index in [2.05, 4.69) is 5.10 Å². The van der Waals surface area contributed by atoms with Crippen LogP contribution in [0.4, 0.5) is 13.2 Å². The first-order chi connectivity index (χ1) is 11.4. The maximum Gasteiger partial charge on any atom is 0.416 e. The first-order valence-electron chi connectivity index (χ1n) is 7.45. The summed E-state index contributed by atoms with van der Waals surface area (Å²) in [6, 6.07) is 2.55. The number of halogens is 3. The predicted molar refractivity (Wildman–Crippen MR) is 82.9 cm³/mol. The van der Waals surface area contributed by atoms with Crippen LogP contribution in [0.3, 0.4) is 0 Å². The Balaban J connectivity index is 2.75. The molecule has 0 bridgehead atoms. The summed E-state index contributed by atoms with van der Waals surface area (Å²) in [7, 11) is 0. The van der Waals surface area contributed by atoms with Gasteiger partial charge >= 0.3 is 12.1 Å². The number of carbonyl (C=O) groups excluding carboxylic acids is 1. The second-order valence-electron chi connectivity index (χ2n) is 5.93. The molecule has 1 aromatic carbocycles. The molecule has 0 atom stereocenters. The van der Waals surface area contributed by atoms with Gasteiger partial charge in [-0.05, 0) is 39.0 Å². The van der Waals surface area contributed by atoms with Crippen molar-refractivity contribution in [2.75, 3.05) is 6.61 Å². The Morgan fingerprint density at radius 2 is 1.92 bits per heavy atom. The number of ether oxygens (including phenoxy) is 1. The summed E-state index contributed by atoms with van der Waals surface area (Å²) in [5.74, 6) is -0.718. The Labute approximate surface area is 140 Å². The highest BCUT2D eigenvalue weighted by atomic mass is 19.4. The van der Waals surface area contributed by atoms with Gasteiger partial charge in [-0.3, -0.25) is 9.59 Å². The first-order valence-corrected chi connectivity index (χ1v) is 7.45. The monoisotopic (exact) mass is 358 g/mol. The van der Waals surface area contributed by atoms with Crippen molar-refractivity contribution < 1.29 is 27.8 Å². The molecule has 25 heavy (non-hydrogen) atoms. The number of aliphatic hydroxyl groups is 1. The Morgan fingerprint density at radius 3 is 2.44 bits per heavy atom. The van der Waals surface area contributed by atoms with E-state index in [4.69, 9.17) is 4.74 Å². The summed E-state index contributed by atoms with van der Waals surface area (Å²) >= 11 is 0. The van der Waals surface area contributed by atoms with Gasteiger partial charge in [0.05, 0.1) is 17.6 Å². The average molecular weight is 358 g/mol. The number of esters is 1. The van der Waals surface area contributed by atoms with Crippen LogP contribution in [0.2, 0.25) is 0 Å². The lowest BCUT2D eigenvalue weighted by molar-refractivity contribution is -0.144. The summed E-state index contributed by atoms with van der Waals surface area (Å²) < 4.78 is 44.4. The minimum atomic E-state index is -4.61. The molecule has 0 unspecified atom stereocenters. The zero-order valence-corrected chi connectivity index (χ0v) is 13.8. The number of aromatic nitrogens is 2. The second kappa shape index (κ2) is 6.47. The van der Waals surface area contributed by atoms with E-state index in [1.807, 2.05) is 0 Å². The van der Waals surface area contributed by atoms with Crippen LogP contribution in [0.25, 0.3) is 10.8 Å². The minimum Gasteiger partial charge on any atom is -0.465 e. The van der Waals surface area contributed by atoms with Crippen LogP contribution in [-0.4, -0.2) is 27.5 Å². The highest BCUT2D eigenvalue weighted by molar-refractivity contribution is 5.85. The smallest absolute Gasteiger partial charge is 0.416 e. The number of hydrogen-bond donors (Lipinski definition) is 1. The lowest BCUT2D eigenvalue weighted by Crippen LogP contribution is -2.32. The van der Waals surface area contributed by atoms with Gasteiger partial charge in [0.1, 0.15) is 17.8 Å². The van der Waals surface area contributed by atoms with E-state index in [9.17, 15) is 27.9 Å². The van der Waals surface area contributed by atoms with Crippen molar-refractivity contribution in [2.45, 2.75) is 39.1 Å². The van der Waals surface area contributed by atoms with Crippen LogP contribution in [0.5, 0.6) is 0 Å². The molecule has 1 N–H and O–H groups in total. The van der Waals surface area contributed by atoms with Gasteiger partial charge in [-0.15, -0.1) is 0 Å². The van der Waals surface area contributed by atoms with Crippen LogP contribution in [0.15, 0.2) is 23.0 Å². The van der Waals surface area contributed by atoms with Crippen LogP contribution >= 0.6 is 0 Å². The van der Waals surface area contributed by atoms with Gasteiger partial charge in [-0.25, -0.2) is 4.68 Å². The van der Waals surface area contributed by atoms with Gasteiger partial charge in [-0.2, -0.15) is 18.3 Å². The van der Waals surface area contributed by atoms with Gasteiger partial charge in [0, 0.05) is 5.39 Å². The summed E-state index contributed by atoms with van der Waals surface area (Å²) in [6.07, 6.45) is -4.61. The molecular formula is C16H17F3N2O4. The van der Waals surface area contributed by atoms with Gasteiger partial charge in [0.25, 0.3) is 5.56 Å². The number of nitrogens with zero attached hydrogens (tertiary/aromatic N) is 2. The Morgan fingerprint density at radius 1 is 1.28 bits per heavy atom. The zero-order valence-electron chi connectivity index (χ0n) is 13.8. The number of alkyl halides is 3. The molecular weight excluding hydrogens is 341 g/mol.